The molecule has 140 valence electrons. The monoisotopic (exact) mass is 369 g/mol. The minimum Gasteiger partial charge on any atom is -0.508 e. The molecule has 1 amide bonds. The van der Waals surface area contributed by atoms with Crippen molar-refractivity contribution in [2.24, 2.45) is 0 Å². The fourth-order valence-electron chi connectivity index (χ4n) is 3.59. The second kappa shape index (κ2) is 6.92. The van der Waals surface area contributed by atoms with E-state index in [1.165, 1.54) is 17.2 Å². The maximum absolute atomic E-state index is 12.4. The molecule has 3 heterocycles. The second-order valence-corrected chi connectivity index (χ2v) is 6.87. The van der Waals surface area contributed by atoms with Crippen LogP contribution in [0.25, 0.3) is 11.0 Å². The zero-order valence-corrected chi connectivity index (χ0v) is 15.0. The van der Waals surface area contributed by atoms with Crippen LogP contribution in [-0.4, -0.2) is 42.1 Å². The number of aromatic hydroxyl groups is 1. The molecule has 27 heavy (non-hydrogen) atoms. The first-order valence-corrected chi connectivity index (χ1v) is 8.94. The molecule has 1 fully saturated rings. The van der Waals surface area contributed by atoms with Gasteiger partial charge in [-0.15, -0.1) is 0 Å². The molecule has 0 spiro atoms. The number of nitrogens with zero attached hydrogens (tertiary/aromatic N) is 1. The number of phenols is 1. The highest BCUT2D eigenvalue weighted by Gasteiger charge is 2.26. The SMILES string of the molecule is Cc1c(O)ccc2c(C[NH+]3CCN(C(=O)c4ccco4)CC3)cc(=O)oc12. The number of rotatable bonds is 3. The topological polar surface area (TPSA) is 88.3 Å². The van der Waals surface area contributed by atoms with Crippen molar-refractivity contribution in [2.75, 3.05) is 26.2 Å². The smallest absolute Gasteiger partial charge is 0.336 e. The van der Waals surface area contributed by atoms with E-state index in [9.17, 15) is 14.7 Å². The molecule has 0 atom stereocenters. The van der Waals surface area contributed by atoms with Crippen molar-refractivity contribution in [3.05, 3.63) is 63.9 Å². The van der Waals surface area contributed by atoms with Crippen molar-refractivity contribution >= 4 is 16.9 Å². The predicted molar refractivity (Wildman–Crippen MR) is 97.9 cm³/mol. The fourth-order valence-corrected chi connectivity index (χ4v) is 3.59. The number of piperazine rings is 1. The third kappa shape index (κ3) is 3.33. The maximum atomic E-state index is 12.4. The van der Waals surface area contributed by atoms with Crippen LogP contribution in [0, 0.1) is 6.92 Å². The average Bonchev–Trinajstić information content (AvgIpc) is 3.20. The highest BCUT2D eigenvalue weighted by Crippen LogP contribution is 2.27. The number of aryl methyl sites for hydroxylation is 1. The quantitative estimate of drug-likeness (QED) is 0.671. The predicted octanol–water partition coefficient (Wildman–Crippen LogP) is 0.941. The highest BCUT2D eigenvalue weighted by molar-refractivity contribution is 5.91. The highest BCUT2D eigenvalue weighted by atomic mass is 16.4. The number of benzene rings is 1. The lowest BCUT2D eigenvalue weighted by Gasteiger charge is -2.31. The molecular formula is C20H21N2O5+. The molecule has 7 heteroatoms. The molecule has 4 rings (SSSR count). The van der Waals surface area contributed by atoms with Gasteiger partial charge in [-0.1, -0.05) is 0 Å². The standard InChI is InChI=1S/C20H20N2O5/c1-13-16(23)5-4-15-14(11-18(24)27-19(13)15)12-21-6-8-22(9-7-21)20(25)17-3-2-10-26-17/h2-5,10-11,23H,6-9,12H2,1H3/p+1. The Hall–Kier alpha value is -3.06. The summed E-state index contributed by atoms with van der Waals surface area (Å²) in [7, 11) is 0. The Morgan fingerprint density at radius 2 is 2.04 bits per heavy atom. The van der Waals surface area contributed by atoms with Gasteiger partial charge in [-0.3, -0.25) is 4.79 Å². The molecule has 0 aliphatic carbocycles. The third-order valence-electron chi connectivity index (χ3n) is 5.15. The number of fused-ring (bicyclic) bond motifs is 1. The van der Waals surface area contributed by atoms with Crippen LogP contribution in [0.4, 0.5) is 0 Å². The first kappa shape index (κ1) is 17.4. The number of carbonyl (C=O) groups is 1. The van der Waals surface area contributed by atoms with Gasteiger partial charge in [-0.25, -0.2) is 4.79 Å². The Morgan fingerprint density at radius 3 is 2.74 bits per heavy atom. The van der Waals surface area contributed by atoms with E-state index in [-0.39, 0.29) is 11.7 Å². The number of phenolic OH excluding ortho intramolecular Hbond substituents is 1. The van der Waals surface area contributed by atoms with Crippen LogP contribution < -0.4 is 10.5 Å². The molecule has 0 unspecified atom stereocenters. The largest absolute Gasteiger partial charge is 0.508 e. The van der Waals surface area contributed by atoms with E-state index >= 15 is 0 Å². The lowest BCUT2D eigenvalue weighted by Crippen LogP contribution is -3.13. The zero-order valence-electron chi connectivity index (χ0n) is 15.0. The van der Waals surface area contributed by atoms with Crippen LogP contribution in [0.1, 0.15) is 21.7 Å². The van der Waals surface area contributed by atoms with Gasteiger partial charge in [-0.2, -0.15) is 0 Å². The van der Waals surface area contributed by atoms with Crippen LogP contribution in [0.15, 0.2) is 50.2 Å². The van der Waals surface area contributed by atoms with Crippen molar-refractivity contribution in [3.8, 4) is 5.75 Å². The Balaban J connectivity index is 1.50. The van der Waals surface area contributed by atoms with E-state index in [0.29, 0.717) is 36.5 Å². The lowest BCUT2D eigenvalue weighted by atomic mass is 10.1. The Labute approximate surface area is 155 Å². The number of furan rings is 1. The number of nitrogens with one attached hydrogen (secondary N) is 1. The Morgan fingerprint density at radius 1 is 1.26 bits per heavy atom. The number of amides is 1. The summed E-state index contributed by atoms with van der Waals surface area (Å²) in [6.45, 7) is 5.23. The number of quaternary nitrogens is 1. The normalized spacial score (nSPS) is 15.4. The van der Waals surface area contributed by atoms with E-state index < -0.39 is 5.63 Å². The number of hydrogen-bond acceptors (Lipinski definition) is 5. The first-order valence-electron chi connectivity index (χ1n) is 8.94. The number of carbonyl (C=O) groups excluding carboxylic acids is 1. The molecule has 1 aliphatic heterocycles. The maximum Gasteiger partial charge on any atom is 0.336 e. The summed E-state index contributed by atoms with van der Waals surface area (Å²) in [6, 6.07) is 8.31. The van der Waals surface area contributed by atoms with E-state index in [1.54, 1.807) is 36.1 Å². The van der Waals surface area contributed by atoms with Crippen LogP contribution in [0.2, 0.25) is 0 Å². The molecular weight excluding hydrogens is 348 g/mol. The van der Waals surface area contributed by atoms with E-state index in [4.69, 9.17) is 8.83 Å². The van der Waals surface area contributed by atoms with E-state index in [2.05, 4.69) is 0 Å². The lowest BCUT2D eigenvalue weighted by molar-refractivity contribution is -0.917. The molecule has 2 N–H and O–H groups in total. The molecule has 0 bridgehead atoms. The molecule has 0 saturated carbocycles. The van der Waals surface area contributed by atoms with Crippen molar-refractivity contribution in [1.82, 2.24) is 4.90 Å². The summed E-state index contributed by atoms with van der Waals surface area (Å²) in [4.78, 5) is 27.4. The summed E-state index contributed by atoms with van der Waals surface area (Å²) in [6.07, 6.45) is 1.50. The van der Waals surface area contributed by atoms with Crippen molar-refractivity contribution < 1.29 is 23.6 Å². The summed E-state index contributed by atoms with van der Waals surface area (Å²) < 4.78 is 10.5. The van der Waals surface area contributed by atoms with Crippen LogP contribution in [-0.2, 0) is 6.54 Å². The summed E-state index contributed by atoms with van der Waals surface area (Å²) in [5, 5.41) is 10.7. The minimum absolute atomic E-state index is 0.0871. The van der Waals surface area contributed by atoms with E-state index in [1.807, 2.05) is 0 Å². The molecule has 7 nitrogen and oxygen atoms in total. The van der Waals surface area contributed by atoms with Crippen LogP contribution in [0.5, 0.6) is 5.75 Å². The first-order chi connectivity index (χ1) is 13.0. The molecule has 1 aliphatic rings. The summed E-state index contributed by atoms with van der Waals surface area (Å²) >= 11 is 0. The summed E-state index contributed by atoms with van der Waals surface area (Å²) in [5.41, 5.74) is 1.47. The van der Waals surface area contributed by atoms with Gasteiger partial charge >= 0.3 is 5.63 Å². The number of hydrogen-bond donors (Lipinski definition) is 2. The van der Waals surface area contributed by atoms with Gasteiger partial charge in [0, 0.05) is 22.6 Å². The zero-order chi connectivity index (χ0) is 19.0. The second-order valence-electron chi connectivity index (χ2n) is 6.87. The molecule has 2 aromatic heterocycles. The molecule has 0 radical (unpaired) electrons. The summed E-state index contributed by atoms with van der Waals surface area (Å²) in [5.74, 6) is 0.386. The van der Waals surface area contributed by atoms with Crippen molar-refractivity contribution in [2.45, 2.75) is 13.5 Å². The minimum atomic E-state index is -0.419. The van der Waals surface area contributed by atoms with Gasteiger partial charge in [-0.05, 0) is 31.2 Å². The van der Waals surface area contributed by atoms with Crippen molar-refractivity contribution in [1.29, 1.82) is 0 Å². The van der Waals surface area contributed by atoms with Gasteiger partial charge in [0.15, 0.2) is 5.76 Å². The molecule has 3 aromatic rings. The van der Waals surface area contributed by atoms with Crippen LogP contribution >= 0.6 is 0 Å². The third-order valence-corrected chi connectivity index (χ3v) is 5.15. The molecule has 1 saturated heterocycles. The van der Waals surface area contributed by atoms with Gasteiger partial charge in [0.25, 0.3) is 5.91 Å². The average molecular weight is 369 g/mol. The fraction of sp³-hybridized carbons (Fsp3) is 0.300. The Bertz CT molecular complexity index is 1030. The molecule has 1 aromatic carbocycles. The Kier molecular flexibility index (Phi) is 4.45. The van der Waals surface area contributed by atoms with E-state index in [0.717, 1.165) is 24.0 Å². The van der Waals surface area contributed by atoms with Gasteiger partial charge in [0.05, 0.1) is 32.4 Å². The van der Waals surface area contributed by atoms with Gasteiger partial charge < -0.3 is 23.7 Å². The van der Waals surface area contributed by atoms with Gasteiger partial charge in [0.1, 0.15) is 17.9 Å². The van der Waals surface area contributed by atoms with Crippen LogP contribution in [0.3, 0.4) is 0 Å². The van der Waals surface area contributed by atoms with Crippen molar-refractivity contribution in [3.63, 3.8) is 0 Å². The van der Waals surface area contributed by atoms with Gasteiger partial charge in [0.2, 0.25) is 0 Å².